The summed E-state index contributed by atoms with van der Waals surface area (Å²) in [6.07, 6.45) is 8.49. The molecule has 1 aromatic heterocycles. The molecule has 4 nitrogen and oxygen atoms in total. The number of nitrogens with zero attached hydrogens (tertiary/aromatic N) is 2. The first kappa shape index (κ1) is 18.9. The molecular formula is C23H25ClN4. The third-order valence-corrected chi connectivity index (χ3v) is 5.56. The first-order valence-corrected chi connectivity index (χ1v) is 10.2. The molecule has 1 saturated carbocycles. The van der Waals surface area contributed by atoms with Gasteiger partial charge >= 0.3 is 0 Å². The Bertz CT molecular complexity index is 997. The fourth-order valence-electron chi connectivity index (χ4n) is 3.70. The zero-order valence-electron chi connectivity index (χ0n) is 16.0. The second-order valence-electron chi connectivity index (χ2n) is 7.54. The number of nitrogens with two attached hydrogens (primary N) is 1. The Morgan fingerprint density at radius 2 is 1.82 bits per heavy atom. The maximum absolute atomic E-state index is 6.36. The standard InChI is InChI=1S/C23H25ClN4/c1-15-6-12-20-18(14-15)23(27-21-5-3-2-4-19(21)25)28-22(26-20)13-9-16-7-10-17(24)11-8-16/h6-14,19,21H,2-5,25H2,1H3,(H,26,27,28)/b13-9-. The summed E-state index contributed by atoms with van der Waals surface area (Å²) in [5.41, 5.74) is 9.54. The SMILES string of the molecule is Cc1ccc2nc(/C=C\c3ccc(Cl)cc3)nc(NC3CCCCC3N)c2c1. The first-order chi connectivity index (χ1) is 13.6. The van der Waals surface area contributed by atoms with E-state index >= 15 is 0 Å². The van der Waals surface area contributed by atoms with E-state index in [-0.39, 0.29) is 12.1 Å². The van der Waals surface area contributed by atoms with E-state index in [9.17, 15) is 0 Å². The fourth-order valence-corrected chi connectivity index (χ4v) is 3.83. The van der Waals surface area contributed by atoms with E-state index < -0.39 is 0 Å². The van der Waals surface area contributed by atoms with Crippen LogP contribution in [0.5, 0.6) is 0 Å². The largest absolute Gasteiger partial charge is 0.365 e. The Kier molecular flexibility index (Phi) is 5.60. The molecule has 1 fully saturated rings. The van der Waals surface area contributed by atoms with Gasteiger partial charge in [-0.25, -0.2) is 9.97 Å². The number of hydrogen-bond donors (Lipinski definition) is 2. The van der Waals surface area contributed by atoms with Crippen molar-refractivity contribution in [2.24, 2.45) is 5.73 Å². The van der Waals surface area contributed by atoms with Gasteiger partial charge in [-0.3, -0.25) is 0 Å². The number of anilines is 1. The zero-order chi connectivity index (χ0) is 19.5. The van der Waals surface area contributed by atoms with Gasteiger partial charge in [-0.1, -0.05) is 54.3 Å². The third-order valence-electron chi connectivity index (χ3n) is 5.30. The van der Waals surface area contributed by atoms with Crippen molar-refractivity contribution in [1.82, 2.24) is 9.97 Å². The molecule has 28 heavy (non-hydrogen) atoms. The lowest BCUT2D eigenvalue weighted by Crippen LogP contribution is -2.42. The molecular weight excluding hydrogens is 368 g/mol. The Morgan fingerprint density at radius 1 is 1.04 bits per heavy atom. The van der Waals surface area contributed by atoms with Gasteiger partial charge in [0.05, 0.1) is 5.52 Å². The van der Waals surface area contributed by atoms with E-state index in [0.717, 1.165) is 40.1 Å². The molecule has 0 radical (unpaired) electrons. The molecule has 1 aliphatic rings. The van der Waals surface area contributed by atoms with Crippen molar-refractivity contribution in [2.45, 2.75) is 44.7 Å². The molecule has 2 unspecified atom stereocenters. The third kappa shape index (κ3) is 4.34. The maximum atomic E-state index is 6.36. The molecule has 0 bridgehead atoms. The summed E-state index contributed by atoms with van der Waals surface area (Å²) in [6, 6.07) is 14.4. The van der Waals surface area contributed by atoms with Crippen molar-refractivity contribution in [2.75, 3.05) is 5.32 Å². The molecule has 2 aromatic carbocycles. The van der Waals surface area contributed by atoms with Gasteiger partial charge in [0.2, 0.25) is 0 Å². The molecule has 5 heteroatoms. The molecule has 1 aliphatic carbocycles. The van der Waals surface area contributed by atoms with E-state index in [1.165, 1.54) is 18.4 Å². The van der Waals surface area contributed by atoms with Gasteiger partial charge in [-0.15, -0.1) is 0 Å². The molecule has 4 rings (SSSR count). The van der Waals surface area contributed by atoms with E-state index in [2.05, 4.69) is 30.4 Å². The molecule has 3 aromatic rings. The van der Waals surface area contributed by atoms with Crippen molar-refractivity contribution < 1.29 is 0 Å². The van der Waals surface area contributed by atoms with Crippen LogP contribution in [0.25, 0.3) is 23.1 Å². The Balaban J connectivity index is 1.69. The summed E-state index contributed by atoms with van der Waals surface area (Å²) in [6.45, 7) is 2.09. The molecule has 0 aliphatic heterocycles. The molecule has 144 valence electrons. The van der Waals surface area contributed by atoms with Crippen molar-refractivity contribution in [3.05, 3.63) is 64.4 Å². The van der Waals surface area contributed by atoms with E-state index in [1.54, 1.807) is 0 Å². The highest BCUT2D eigenvalue weighted by Crippen LogP contribution is 2.26. The predicted molar refractivity (Wildman–Crippen MR) is 119 cm³/mol. The van der Waals surface area contributed by atoms with Crippen molar-refractivity contribution in [3.63, 3.8) is 0 Å². The van der Waals surface area contributed by atoms with Gasteiger partial charge in [-0.05, 0) is 55.7 Å². The Hall–Kier alpha value is -2.43. The van der Waals surface area contributed by atoms with Gasteiger partial charge in [-0.2, -0.15) is 0 Å². The predicted octanol–water partition coefficient (Wildman–Crippen LogP) is 5.44. The fraction of sp³-hybridized carbons (Fsp3) is 0.304. The van der Waals surface area contributed by atoms with Crippen molar-refractivity contribution >= 4 is 40.5 Å². The van der Waals surface area contributed by atoms with Crippen LogP contribution in [-0.4, -0.2) is 22.1 Å². The number of benzene rings is 2. The van der Waals surface area contributed by atoms with Crippen LogP contribution in [0.3, 0.4) is 0 Å². The average molecular weight is 393 g/mol. The van der Waals surface area contributed by atoms with Crippen LogP contribution in [0.1, 0.15) is 42.6 Å². The van der Waals surface area contributed by atoms with Crippen LogP contribution >= 0.6 is 11.6 Å². The topological polar surface area (TPSA) is 63.8 Å². The highest BCUT2D eigenvalue weighted by Gasteiger charge is 2.22. The number of aromatic nitrogens is 2. The number of fused-ring (bicyclic) bond motifs is 1. The highest BCUT2D eigenvalue weighted by atomic mass is 35.5. The van der Waals surface area contributed by atoms with E-state index in [1.807, 2.05) is 36.4 Å². The minimum absolute atomic E-state index is 0.164. The number of nitrogens with one attached hydrogen (secondary N) is 1. The lowest BCUT2D eigenvalue weighted by Gasteiger charge is -2.30. The Labute approximate surface area is 170 Å². The molecule has 0 saturated heterocycles. The monoisotopic (exact) mass is 392 g/mol. The summed E-state index contributed by atoms with van der Waals surface area (Å²) in [5, 5.41) is 5.39. The van der Waals surface area contributed by atoms with Crippen molar-refractivity contribution in [3.8, 4) is 0 Å². The molecule has 1 heterocycles. The van der Waals surface area contributed by atoms with Crippen molar-refractivity contribution in [1.29, 1.82) is 0 Å². The molecule has 2 atom stereocenters. The summed E-state index contributed by atoms with van der Waals surface area (Å²) < 4.78 is 0. The van der Waals surface area contributed by atoms with Crippen LogP contribution in [-0.2, 0) is 0 Å². The van der Waals surface area contributed by atoms with Gasteiger partial charge in [0.25, 0.3) is 0 Å². The van der Waals surface area contributed by atoms with Crippen LogP contribution in [0.4, 0.5) is 5.82 Å². The summed E-state index contributed by atoms with van der Waals surface area (Å²) in [7, 11) is 0. The van der Waals surface area contributed by atoms with Gasteiger partial charge in [0.1, 0.15) is 5.82 Å². The zero-order valence-corrected chi connectivity index (χ0v) is 16.8. The number of halogens is 1. The lowest BCUT2D eigenvalue weighted by molar-refractivity contribution is 0.403. The summed E-state index contributed by atoms with van der Waals surface area (Å²) in [5.74, 6) is 1.55. The van der Waals surface area contributed by atoms with Crippen LogP contribution < -0.4 is 11.1 Å². The second-order valence-corrected chi connectivity index (χ2v) is 7.97. The maximum Gasteiger partial charge on any atom is 0.154 e. The first-order valence-electron chi connectivity index (χ1n) is 9.83. The van der Waals surface area contributed by atoms with Crippen LogP contribution in [0.2, 0.25) is 5.02 Å². The second kappa shape index (κ2) is 8.29. The minimum Gasteiger partial charge on any atom is -0.365 e. The quantitative estimate of drug-likeness (QED) is 0.620. The average Bonchev–Trinajstić information content (AvgIpc) is 2.70. The minimum atomic E-state index is 0.164. The number of rotatable bonds is 4. The van der Waals surface area contributed by atoms with Gasteiger partial charge in [0, 0.05) is 22.5 Å². The number of hydrogen-bond acceptors (Lipinski definition) is 4. The van der Waals surface area contributed by atoms with Crippen LogP contribution in [0.15, 0.2) is 42.5 Å². The summed E-state index contributed by atoms with van der Waals surface area (Å²) in [4.78, 5) is 9.54. The highest BCUT2D eigenvalue weighted by molar-refractivity contribution is 6.30. The van der Waals surface area contributed by atoms with E-state index in [0.29, 0.717) is 5.82 Å². The molecule has 0 amide bonds. The Morgan fingerprint density at radius 3 is 2.61 bits per heavy atom. The van der Waals surface area contributed by atoms with Gasteiger partial charge < -0.3 is 11.1 Å². The molecule has 3 N–H and O–H groups in total. The van der Waals surface area contributed by atoms with Gasteiger partial charge in [0.15, 0.2) is 5.82 Å². The van der Waals surface area contributed by atoms with E-state index in [4.69, 9.17) is 27.3 Å². The summed E-state index contributed by atoms with van der Waals surface area (Å²) >= 11 is 5.96. The lowest BCUT2D eigenvalue weighted by atomic mass is 9.91. The van der Waals surface area contributed by atoms with Crippen LogP contribution in [0, 0.1) is 6.92 Å². The normalized spacial score (nSPS) is 20.0. The molecule has 0 spiro atoms. The smallest absolute Gasteiger partial charge is 0.154 e. The number of aryl methyl sites for hydroxylation is 1.